The normalized spacial score (nSPS) is 10.1. The molecule has 0 unspecified atom stereocenters. The average Bonchev–Trinajstić information content (AvgIpc) is 2.58. The largest absolute Gasteiger partial charge is 0.324 e. The summed E-state index contributed by atoms with van der Waals surface area (Å²) in [4.78, 5) is 20.5. The van der Waals surface area contributed by atoms with E-state index in [1.54, 1.807) is 0 Å². The molecular formula is C18H16N4O. The van der Waals surface area contributed by atoms with Crippen molar-refractivity contribution in [3.8, 4) is 0 Å². The first kappa shape index (κ1) is 14.7. The van der Waals surface area contributed by atoms with Gasteiger partial charge in [-0.2, -0.15) is 0 Å². The van der Waals surface area contributed by atoms with Crippen molar-refractivity contribution in [1.82, 2.24) is 9.97 Å². The van der Waals surface area contributed by atoms with Crippen LogP contribution in [0.2, 0.25) is 0 Å². The molecule has 1 aromatic heterocycles. The molecule has 23 heavy (non-hydrogen) atoms. The van der Waals surface area contributed by atoms with Gasteiger partial charge in [-0.25, -0.2) is 9.97 Å². The van der Waals surface area contributed by atoms with Gasteiger partial charge in [0.25, 0.3) is 5.91 Å². The van der Waals surface area contributed by atoms with Crippen LogP contribution in [0.3, 0.4) is 0 Å². The molecule has 0 saturated carbocycles. The van der Waals surface area contributed by atoms with E-state index in [-0.39, 0.29) is 5.91 Å². The molecule has 0 bridgehead atoms. The van der Waals surface area contributed by atoms with E-state index in [1.807, 2.05) is 61.5 Å². The van der Waals surface area contributed by atoms with Crippen LogP contribution in [0.25, 0.3) is 0 Å². The van der Waals surface area contributed by atoms with Gasteiger partial charge in [0, 0.05) is 23.8 Å². The van der Waals surface area contributed by atoms with Gasteiger partial charge in [-0.3, -0.25) is 4.79 Å². The molecule has 0 atom stereocenters. The third kappa shape index (κ3) is 3.91. The highest BCUT2D eigenvalue weighted by atomic mass is 16.1. The molecule has 0 aliphatic carbocycles. The van der Waals surface area contributed by atoms with Crippen LogP contribution in [-0.4, -0.2) is 15.9 Å². The summed E-state index contributed by atoms with van der Waals surface area (Å²) in [5.41, 5.74) is 3.18. The zero-order valence-electron chi connectivity index (χ0n) is 12.7. The van der Waals surface area contributed by atoms with Crippen molar-refractivity contribution in [3.05, 3.63) is 78.1 Å². The van der Waals surface area contributed by atoms with E-state index >= 15 is 0 Å². The Morgan fingerprint density at radius 2 is 1.52 bits per heavy atom. The monoisotopic (exact) mass is 304 g/mol. The Morgan fingerprint density at radius 1 is 0.870 bits per heavy atom. The summed E-state index contributed by atoms with van der Waals surface area (Å²) < 4.78 is 0. The number of hydrogen-bond acceptors (Lipinski definition) is 4. The number of carbonyl (C=O) groups is 1. The number of anilines is 3. The summed E-state index contributed by atoms with van der Waals surface area (Å²) in [7, 11) is 0. The molecule has 3 aromatic rings. The number of hydrogen-bond donors (Lipinski definition) is 2. The van der Waals surface area contributed by atoms with Gasteiger partial charge in [0.1, 0.15) is 0 Å². The maximum Gasteiger partial charge on any atom is 0.258 e. The molecule has 5 heteroatoms. The number of rotatable bonds is 4. The van der Waals surface area contributed by atoms with Crippen molar-refractivity contribution in [3.63, 3.8) is 0 Å². The van der Waals surface area contributed by atoms with Crippen LogP contribution in [0.1, 0.15) is 15.9 Å². The van der Waals surface area contributed by atoms with Crippen LogP contribution in [0, 0.1) is 6.92 Å². The average molecular weight is 304 g/mol. The van der Waals surface area contributed by atoms with Crippen molar-refractivity contribution in [2.45, 2.75) is 6.92 Å². The molecule has 3 rings (SSSR count). The van der Waals surface area contributed by atoms with Gasteiger partial charge in [-0.1, -0.05) is 35.9 Å². The minimum absolute atomic E-state index is 0.236. The van der Waals surface area contributed by atoms with Gasteiger partial charge in [0.15, 0.2) is 0 Å². The van der Waals surface area contributed by atoms with Crippen LogP contribution in [0.15, 0.2) is 67.0 Å². The smallest absolute Gasteiger partial charge is 0.258 e. The Bertz CT molecular complexity index is 784. The third-order valence-corrected chi connectivity index (χ3v) is 3.25. The fraction of sp³-hybridized carbons (Fsp3) is 0.0556. The van der Waals surface area contributed by atoms with E-state index in [0.29, 0.717) is 11.5 Å². The topological polar surface area (TPSA) is 66.9 Å². The molecule has 114 valence electrons. The van der Waals surface area contributed by atoms with Crippen LogP contribution >= 0.6 is 0 Å². The molecule has 2 N–H and O–H groups in total. The zero-order valence-corrected chi connectivity index (χ0v) is 12.7. The predicted molar refractivity (Wildman–Crippen MR) is 90.9 cm³/mol. The summed E-state index contributed by atoms with van der Waals surface area (Å²) in [5.74, 6) is 0.211. The van der Waals surface area contributed by atoms with Crippen LogP contribution in [0.4, 0.5) is 17.3 Å². The standard InChI is InChI=1S/C18H16N4O/c1-13-7-9-16(10-8-13)21-17(23)14-11-19-18(20-12-14)22-15-5-3-2-4-6-15/h2-12H,1H3,(H,21,23)(H,19,20,22). The minimum atomic E-state index is -0.236. The number of carbonyl (C=O) groups excluding carboxylic acids is 1. The molecule has 0 saturated heterocycles. The number of para-hydroxylation sites is 1. The first-order valence-electron chi connectivity index (χ1n) is 7.23. The van der Waals surface area contributed by atoms with Crippen molar-refractivity contribution in [1.29, 1.82) is 0 Å². The molecular weight excluding hydrogens is 288 g/mol. The summed E-state index contributed by atoms with van der Waals surface area (Å²) in [5, 5.41) is 5.89. The fourth-order valence-electron chi connectivity index (χ4n) is 2.00. The van der Waals surface area contributed by atoms with Gasteiger partial charge in [-0.15, -0.1) is 0 Å². The lowest BCUT2D eigenvalue weighted by atomic mass is 10.2. The number of nitrogens with one attached hydrogen (secondary N) is 2. The molecule has 0 fully saturated rings. The maximum atomic E-state index is 12.2. The number of nitrogens with zero attached hydrogens (tertiary/aromatic N) is 2. The van der Waals surface area contributed by atoms with Gasteiger partial charge < -0.3 is 10.6 Å². The molecule has 1 heterocycles. The highest BCUT2D eigenvalue weighted by Crippen LogP contribution is 2.13. The predicted octanol–water partition coefficient (Wildman–Crippen LogP) is 3.78. The lowest BCUT2D eigenvalue weighted by molar-refractivity contribution is 0.102. The minimum Gasteiger partial charge on any atom is -0.324 e. The van der Waals surface area contributed by atoms with Crippen LogP contribution < -0.4 is 10.6 Å². The highest BCUT2D eigenvalue weighted by Gasteiger charge is 2.07. The quantitative estimate of drug-likeness (QED) is 0.769. The summed E-state index contributed by atoms with van der Waals surface area (Å²) in [6, 6.07) is 17.2. The zero-order chi connectivity index (χ0) is 16.1. The maximum absolute atomic E-state index is 12.2. The Labute approximate surface area is 134 Å². The fourth-order valence-corrected chi connectivity index (χ4v) is 2.00. The number of amides is 1. The second-order valence-corrected chi connectivity index (χ2v) is 5.11. The van der Waals surface area contributed by atoms with Gasteiger partial charge in [0.2, 0.25) is 5.95 Å². The Balaban J connectivity index is 1.66. The van der Waals surface area contributed by atoms with Crippen molar-refractivity contribution >= 4 is 23.2 Å². The molecule has 5 nitrogen and oxygen atoms in total. The van der Waals surface area contributed by atoms with Crippen LogP contribution in [-0.2, 0) is 0 Å². The van der Waals surface area contributed by atoms with Gasteiger partial charge in [-0.05, 0) is 31.2 Å². The van der Waals surface area contributed by atoms with Crippen LogP contribution in [0.5, 0.6) is 0 Å². The SMILES string of the molecule is Cc1ccc(NC(=O)c2cnc(Nc3ccccc3)nc2)cc1. The molecule has 0 radical (unpaired) electrons. The molecule has 0 aliphatic heterocycles. The van der Waals surface area contributed by atoms with E-state index < -0.39 is 0 Å². The molecule has 1 amide bonds. The summed E-state index contributed by atoms with van der Waals surface area (Å²) >= 11 is 0. The van der Waals surface area contributed by atoms with E-state index in [1.165, 1.54) is 12.4 Å². The van der Waals surface area contributed by atoms with Gasteiger partial charge >= 0.3 is 0 Å². The number of aryl methyl sites for hydroxylation is 1. The Hall–Kier alpha value is -3.21. The van der Waals surface area contributed by atoms with E-state index in [9.17, 15) is 4.79 Å². The summed E-state index contributed by atoms with van der Waals surface area (Å²) in [6.07, 6.45) is 3.00. The summed E-state index contributed by atoms with van der Waals surface area (Å²) in [6.45, 7) is 2.00. The molecule has 0 aliphatic rings. The second kappa shape index (κ2) is 6.70. The van der Waals surface area contributed by atoms with E-state index in [4.69, 9.17) is 0 Å². The Morgan fingerprint density at radius 3 is 2.17 bits per heavy atom. The molecule has 0 spiro atoms. The van der Waals surface area contributed by atoms with Crippen molar-refractivity contribution in [2.24, 2.45) is 0 Å². The number of benzene rings is 2. The van der Waals surface area contributed by atoms with Crippen molar-refractivity contribution in [2.75, 3.05) is 10.6 Å². The van der Waals surface area contributed by atoms with E-state index in [2.05, 4.69) is 20.6 Å². The lowest BCUT2D eigenvalue weighted by Gasteiger charge is -2.07. The highest BCUT2D eigenvalue weighted by molar-refractivity contribution is 6.03. The Kier molecular flexibility index (Phi) is 4.29. The van der Waals surface area contributed by atoms with E-state index in [0.717, 1.165) is 16.9 Å². The first-order chi connectivity index (χ1) is 11.2. The molecule has 2 aromatic carbocycles. The second-order valence-electron chi connectivity index (χ2n) is 5.11. The van der Waals surface area contributed by atoms with Gasteiger partial charge in [0.05, 0.1) is 5.56 Å². The lowest BCUT2D eigenvalue weighted by Crippen LogP contribution is -2.13. The van der Waals surface area contributed by atoms with Crippen molar-refractivity contribution < 1.29 is 4.79 Å². The first-order valence-corrected chi connectivity index (χ1v) is 7.23. The third-order valence-electron chi connectivity index (χ3n) is 3.25. The number of aromatic nitrogens is 2.